The lowest BCUT2D eigenvalue weighted by Gasteiger charge is -2.23. The van der Waals surface area contributed by atoms with Gasteiger partial charge in [-0.2, -0.15) is 0 Å². The maximum absolute atomic E-state index is 13.3. The molecule has 28 heavy (non-hydrogen) atoms. The first-order valence-electron chi connectivity index (χ1n) is 8.74. The Hall–Kier alpha value is -2.75. The summed E-state index contributed by atoms with van der Waals surface area (Å²) in [6, 6.07) is 3.34. The molecule has 0 amide bonds. The lowest BCUT2D eigenvalue weighted by Crippen LogP contribution is -2.27. The Bertz CT molecular complexity index is 990. The number of hydrogen-bond donors (Lipinski definition) is 2. The minimum atomic E-state index is -4.24. The van der Waals surface area contributed by atoms with Crippen LogP contribution >= 0.6 is 0 Å². The summed E-state index contributed by atoms with van der Waals surface area (Å²) in [7, 11) is -4.24. The molecule has 1 fully saturated rings. The Morgan fingerprint density at radius 1 is 1.07 bits per heavy atom. The molecule has 7 nitrogen and oxygen atoms in total. The van der Waals surface area contributed by atoms with Crippen LogP contribution < -0.4 is 9.62 Å². The zero-order valence-electron chi connectivity index (χ0n) is 14.9. The first-order valence-corrected chi connectivity index (χ1v) is 10.2. The van der Waals surface area contributed by atoms with Gasteiger partial charge in [0.25, 0.3) is 10.0 Å². The zero-order chi connectivity index (χ0) is 20.3. The molecule has 0 atom stereocenters. The van der Waals surface area contributed by atoms with Crippen molar-refractivity contribution in [2.24, 2.45) is 0 Å². The van der Waals surface area contributed by atoms with Crippen molar-refractivity contribution in [3.8, 4) is 0 Å². The average Bonchev–Trinajstić information content (AvgIpc) is 2.93. The molecule has 0 radical (unpaired) electrons. The molecule has 150 valence electrons. The Balaban J connectivity index is 1.91. The van der Waals surface area contributed by atoms with E-state index in [1.807, 2.05) is 4.90 Å². The quantitative estimate of drug-likeness (QED) is 0.784. The predicted molar refractivity (Wildman–Crippen MR) is 99.0 cm³/mol. The number of hydrogen-bond acceptors (Lipinski definition) is 5. The fraction of sp³-hybridized carbons (Fsp3) is 0.333. The van der Waals surface area contributed by atoms with E-state index in [1.165, 1.54) is 12.3 Å². The van der Waals surface area contributed by atoms with Crippen LogP contribution in [-0.4, -0.2) is 37.6 Å². The predicted octanol–water partition coefficient (Wildman–Crippen LogP) is 3.24. The molecule has 1 aromatic heterocycles. The summed E-state index contributed by atoms with van der Waals surface area (Å²) < 4.78 is 53.3. The minimum Gasteiger partial charge on any atom is -0.478 e. The van der Waals surface area contributed by atoms with Crippen LogP contribution in [0.25, 0.3) is 0 Å². The topological polar surface area (TPSA) is 99.6 Å². The summed E-state index contributed by atoms with van der Waals surface area (Å²) >= 11 is 0. The average molecular weight is 411 g/mol. The van der Waals surface area contributed by atoms with E-state index in [4.69, 9.17) is 0 Å². The first kappa shape index (κ1) is 20.0. The number of nitrogens with zero attached hydrogens (tertiary/aromatic N) is 2. The standard InChI is InChI=1S/C18H19F2N3O4S/c19-15-6-5-13(10-16(15)20)28(26,27)22-12-9-14(18(24)25)17(21-11-12)23-7-3-1-2-4-8-23/h5-6,9-11,22H,1-4,7-8H2,(H,24,25). The van der Waals surface area contributed by atoms with Gasteiger partial charge < -0.3 is 10.0 Å². The fourth-order valence-corrected chi connectivity index (χ4v) is 4.11. The van der Waals surface area contributed by atoms with E-state index in [0.29, 0.717) is 25.2 Å². The molecule has 0 unspecified atom stereocenters. The zero-order valence-corrected chi connectivity index (χ0v) is 15.7. The summed E-state index contributed by atoms with van der Waals surface area (Å²) in [6.45, 7) is 1.35. The molecule has 0 saturated carbocycles. The number of sulfonamides is 1. The van der Waals surface area contributed by atoms with Crippen LogP contribution in [0.5, 0.6) is 0 Å². The van der Waals surface area contributed by atoms with E-state index in [-0.39, 0.29) is 17.1 Å². The van der Waals surface area contributed by atoms with Crippen LogP contribution in [0.3, 0.4) is 0 Å². The number of carboxylic acids is 1. The number of nitrogens with one attached hydrogen (secondary N) is 1. The molecule has 1 aliphatic heterocycles. The number of halogens is 2. The second-order valence-electron chi connectivity index (χ2n) is 6.48. The number of anilines is 2. The summed E-state index contributed by atoms with van der Waals surface area (Å²) in [5, 5.41) is 9.54. The summed E-state index contributed by atoms with van der Waals surface area (Å²) in [5.41, 5.74) is -0.215. The third-order valence-electron chi connectivity index (χ3n) is 4.46. The van der Waals surface area contributed by atoms with Gasteiger partial charge in [0.15, 0.2) is 11.6 Å². The second-order valence-corrected chi connectivity index (χ2v) is 8.17. The molecule has 1 aliphatic rings. The Morgan fingerprint density at radius 2 is 1.75 bits per heavy atom. The van der Waals surface area contributed by atoms with Gasteiger partial charge >= 0.3 is 5.97 Å². The first-order chi connectivity index (χ1) is 13.3. The number of pyridine rings is 1. The Kier molecular flexibility index (Phi) is 5.78. The van der Waals surface area contributed by atoms with E-state index in [1.54, 1.807) is 0 Å². The van der Waals surface area contributed by atoms with E-state index in [0.717, 1.165) is 31.7 Å². The highest BCUT2D eigenvalue weighted by atomic mass is 32.2. The molecule has 10 heteroatoms. The summed E-state index contributed by atoms with van der Waals surface area (Å²) in [6.07, 6.45) is 5.18. The maximum atomic E-state index is 13.3. The summed E-state index contributed by atoms with van der Waals surface area (Å²) in [4.78, 5) is 17.2. The number of rotatable bonds is 5. The van der Waals surface area contributed by atoms with Gasteiger partial charge in [-0.25, -0.2) is 27.0 Å². The highest BCUT2D eigenvalue weighted by Gasteiger charge is 2.22. The molecule has 0 aliphatic carbocycles. The van der Waals surface area contributed by atoms with Crippen molar-refractivity contribution in [3.05, 3.63) is 47.7 Å². The van der Waals surface area contributed by atoms with Crippen molar-refractivity contribution in [2.45, 2.75) is 30.6 Å². The minimum absolute atomic E-state index is 0.0827. The molecule has 2 N–H and O–H groups in total. The monoisotopic (exact) mass is 411 g/mol. The van der Waals surface area contributed by atoms with Gasteiger partial charge in [-0.1, -0.05) is 12.8 Å². The highest BCUT2D eigenvalue weighted by Crippen LogP contribution is 2.26. The SMILES string of the molecule is O=C(O)c1cc(NS(=O)(=O)c2ccc(F)c(F)c2)cnc1N1CCCCCC1. The van der Waals surface area contributed by atoms with Crippen molar-refractivity contribution >= 4 is 27.5 Å². The van der Waals surface area contributed by atoms with E-state index in [2.05, 4.69) is 9.71 Å². The number of benzene rings is 1. The molecule has 3 rings (SSSR count). The largest absolute Gasteiger partial charge is 0.478 e. The van der Waals surface area contributed by atoms with Gasteiger partial charge in [-0.15, -0.1) is 0 Å². The van der Waals surface area contributed by atoms with Gasteiger partial charge in [0, 0.05) is 13.1 Å². The molecule has 0 bridgehead atoms. The molecule has 1 aromatic carbocycles. The lowest BCUT2D eigenvalue weighted by molar-refractivity contribution is 0.0697. The summed E-state index contributed by atoms with van der Waals surface area (Å²) in [5.74, 6) is -3.43. The van der Waals surface area contributed by atoms with Crippen LogP contribution in [0, 0.1) is 11.6 Å². The number of aromatic nitrogens is 1. The van der Waals surface area contributed by atoms with Crippen LogP contribution in [-0.2, 0) is 10.0 Å². The third-order valence-corrected chi connectivity index (χ3v) is 5.84. The van der Waals surface area contributed by atoms with E-state index >= 15 is 0 Å². The van der Waals surface area contributed by atoms with Crippen molar-refractivity contribution < 1.29 is 27.1 Å². The van der Waals surface area contributed by atoms with Gasteiger partial charge in [0.2, 0.25) is 0 Å². The molecular weight excluding hydrogens is 392 g/mol. The van der Waals surface area contributed by atoms with Gasteiger partial charge in [0.05, 0.1) is 16.8 Å². The second kappa shape index (κ2) is 8.09. The van der Waals surface area contributed by atoms with Gasteiger partial charge in [0.1, 0.15) is 11.4 Å². The van der Waals surface area contributed by atoms with E-state index in [9.17, 15) is 27.1 Å². The van der Waals surface area contributed by atoms with Crippen LogP contribution in [0.1, 0.15) is 36.0 Å². The molecule has 2 heterocycles. The highest BCUT2D eigenvalue weighted by molar-refractivity contribution is 7.92. The number of aromatic carboxylic acids is 1. The van der Waals surface area contributed by atoms with Crippen molar-refractivity contribution in [1.29, 1.82) is 0 Å². The fourth-order valence-electron chi connectivity index (χ4n) is 3.06. The smallest absolute Gasteiger partial charge is 0.339 e. The molecule has 0 spiro atoms. The Morgan fingerprint density at radius 3 is 2.36 bits per heavy atom. The van der Waals surface area contributed by atoms with Crippen molar-refractivity contribution in [2.75, 3.05) is 22.7 Å². The maximum Gasteiger partial charge on any atom is 0.339 e. The van der Waals surface area contributed by atoms with Crippen LogP contribution in [0.4, 0.5) is 20.3 Å². The third kappa shape index (κ3) is 4.38. The van der Waals surface area contributed by atoms with Crippen molar-refractivity contribution in [1.82, 2.24) is 4.98 Å². The van der Waals surface area contributed by atoms with Gasteiger partial charge in [-0.3, -0.25) is 4.72 Å². The lowest BCUT2D eigenvalue weighted by atomic mass is 10.2. The normalized spacial score (nSPS) is 15.1. The van der Waals surface area contributed by atoms with Crippen LogP contribution in [0.2, 0.25) is 0 Å². The molecule has 2 aromatic rings. The van der Waals surface area contributed by atoms with E-state index < -0.39 is 32.5 Å². The van der Waals surface area contributed by atoms with Crippen LogP contribution in [0.15, 0.2) is 35.4 Å². The number of carbonyl (C=O) groups is 1. The van der Waals surface area contributed by atoms with Crippen molar-refractivity contribution in [3.63, 3.8) is 0 Å². The Labute approximate surface area is 161 Å². The van der Waals surface area contributed by atoms with Gasteiger partial charge in [-0.05, 0) is 37.1 Å². The molecule has 1 saturated heterocycles. The number of carboxylic acid groups (broad SMARTS) is 1. The molecular formula is C18H19F2N3O4S.